The van der Waals surface area contributed by atoms with Gasteiger partial charge in [0.1, 0.15) is 0 Å². The van der Waals surface area contributed by atoms with Crippen molar-refractivity contribution in [2.45, 2.75) is 78.2 Å². The molecule has 0 heterocycles. The van der Waals surface area contributed by atoms with Crippen molar-refractivity contribution in [1.82, 2.24) is 0 Å². The lowest BCUT2D eigenvalue weighted by atomic mass is 10.1. The lowest BCUT2D eigenvalue weighted by Gasteiger charge is -2.09. The van der Waals surface area contributed by atoms with Crippen LogP contribution in [0.4, 0.5) is 10.1 Å². The lowest BCUT2D eigenvalue weighted by Crippen LogP contribution is -2.05. The van der Waals surface area contributed by atoms with Gasteiger partial charge in [0, 0.05) is 12.1 Å². The fraction of sp³-hybridized carbons (Fsp3) is 0.700. The number of halogens is 1. The minimum atomic E-state index is -3.67. The fourth-order valence-electron chi connectivity index (χ4n) is 2.58. The largest absolute Gasteiger partial charge is 0.392 e. The Morgan fingerprint density at radius 3 is 2.04 bits per heavy atom. The first-order valence-corrected chi connectivity index (χ1v) is 11.5. The zero-order chi connectivity index (χ0) is 20.5. The Bertz CT molecular complexity index is 594. The predicted octanol–water partition coefficient (Wildman–Crippen LogP) is 5.15. The summed E-state index contributed by atoms with van der Waals surface area (Å²) >= 11 is 0. The van der Waals surface area contributed by atoms with E-state index in [0.29, 0.717) is 17.7 Å². The number of aliphatic hydroxyl groups is 1. The summed E-state index contributed by atoms with van der Waals surface area (Å²) in [5.74, 6) is -0.456. The molecule has 5 nitrogen and oxygen atoms in total. The Hall–Kier alpha value is -1.18. The maximum Gasteiger partial charge on any atom is 0.264 e. The van der Waals surface area contributed by atoms with Crippen molar-refractivity contribution in [3.63, 3.8) is 0 Å². The highest BCUT2D eigenvalue weighted by Crippen LogP contribution is 2.18. The Morgan fingerprint density at radius 2 is 1.56 bits per heavy atom. The molecule has 0 bridgehead atoms. The van der Waals surface area contributed by atoms with Crippen LogP contribution < -0.4 is 5.32 Å². The molecule has 0 atom stereocenters. The fourth-order valence-corrected chi connectivity index (χ4v) is 3.09. The van der Waals surface area contributed by atoms with Gasteiger partial charge in [-0.25, -0.2) is 4.39 Å². The van der Waals surface area contributed by atoms with Gasteiger partial charge in [0.15, 0.2) is 5.82 Å². The monoisotopic (exact) mass is 405 g/mol. The molecule has 0 radical (unpaired) electrons. The number of hydrogen-bond acceptors (Lipinski definition) is 4. The molecule has 158 valence electrons. The highest BCUT2D eigenvalue weighted by atomic mass is 32.2. The van der Waals surface area contributed by atoms with E-state index in [-0.39, 0.29) is 18.2 Å². The number of anilines is 1. The van der Waals surface area contributed by atoms with Gasteiger partial charge in [-0.15, -0.1) is 0 Å². The molecule has 7 heteroatoms. The normalized spacial score (nSPS) is 11.0. The molecule has 0 aliphatic carbocycles. The van der Waals surface area contributed by atoms with Gasteiger partial charge in [0.25, 0.3) is 10.1 Å². The summed E-state index contributed by atoms with van der Waals surface area (Å²) in [4.78, 5) is 0. The van der Waals surface area contributed by atoms with Crippen LogP contribution in [0.25, 0.3) is 0 Å². The summed E-state index contributed by atoms with van der Waals surface area (Å²) in [6.45, 7) is 4.46. The van der Waals surface area contributed by atoms with E-state index in [4.69, 9.17) is 9.66 Å². The Balaban J connectivity index is 0.000000821. The van der Waals surface area contributed by atoms with Crippen molar-refractivity contribution in [3.8, 4) is 0 Å². The van der Waals surface area contributed by atoms with E-state index >= 15 is 0 Å². The van der Waals surface area contributed by atoms with Crippen LogP contribution in [0.3, 0.4) is 0 Å². The van der Waals surface area contributed by atoms with Gasteiger partial charge in [-0.1, -0.05) is 70.9 Å². The third kappa shape index (κ3) is 14.5. The molecule has 0 fully saturated rings. The smallest absolute Gasteiger partial charge is 0.264 e. The Kier molecular flexibility index (Phi) is 15.1. The summed E-state index contributed by atoms with van der Waals surface area (Å²) in [6, 6.07) is 5.10. The summed E-state index contributed by atoms with van der Waals surface area (Å²) < 4.78 is 41.4. The molecular formula is C20H36FNO4S. The van der Waals surface area contributed by atoms with Crippen molar-refractivity contribution in [1.29, 1.82) is 0 Å². The van der Waals surface area contributed by atoms with E-state index in [1.165, 1.54) is 44.9 Å². The van der Waals surface area contributed by atoms with Crippen molar-refractivity contribution in [3.05, 3.63) is 29.6 Å². The minimum absolute atomic E-state index is 0.132. The SMILES string of the molecule is CCCCCCCCCCNc1cccc(CO)c1F.CCCS(=O)(=O)O. The molecule has 1 aromatic rings. The van der Waals surface area contributed by atoms with Gasteiger partial charge < -0.3 is 10.4 Å². The third-order valence-corrected chi connectivity index (χ3v) is 4.98. The molecule has 0 unspecified atom stereocenters. The highest BCUT2D eigenvalue weighted by molar-refractivity contribution is 7.85. The van der Waals surface area contributed by atoms with Crippen molar-refractivity contribution in [2.75, 3.05) is 17.6 Å². The molecule has 27 heavy (non-hydrogen) atoms. The van der Waals surface area contributed by atoms with E-state index in [2.05, 4.69) is 12.2 Å². The molecule has 0 saturated heterocycles. The second-order valence-corrected chi connectivity index (χ2v) is 8.20. The molecule has 1 rings (SSSR count). The molecule has 1 aromatic carbocycles. The van der Waals surface area contributed by atoms with Gasteiger partial charge >= 0.3 is 0 Å². The van der Waals surface area contributed by atoms with Crippen LogP contribution in [0.5, 0.6) is 0 Å². The standard InChI is InChI=1S/C17H28FNO.C3H8O3S/c1-2-3-4-5-6-7-8-9-13-19-16-12-10-11-15(14-20)17(16)18;1-2-3-7(4,5)6/h10-12,19-20H,2-9,13-14H2,1H3;2-3H2,1H3,(H,4,5,6). The third-order valence-electron chi connectivity index (χ3n) is 4.06. The van der Waals surface area contributed by atoms with E-state index in [9.17, 15) is 12.8 Å². The molecule has 0 amide bonds. The maximum atomic E-state index is 13.8. The first-order valence-electron chi connectivity index (χ1n) is 9.93. The number of nitrogens with one attached hydrogen (secondary N) is 1. The highest BCUT2D eigenvalue weighted by Gasteiger charge is 2.05. The van der Waals surface area contributed by atoms with Crippen molar-refractivity contribution in [2.24, 2.45) is 0 Å². The number of benzene rings is 1. The van der Waals surface area contributed by atoms with Crippen LogP contribution in [-0.2, 0) is 16.7 Å². The van der Waals surface area contributed by atoms with Crippen molar-refractivity contribution < 1.29 is 22.5 Å². The first-order chi connectivity index (χ1) is 12.9. The van der Waals surface area contributed by atoms with E-state index in [1.807, 2.05) is 0 Å². The summed E-state index contributed by atoms with van der Waals surface area (Å²) in [5, 5.41) is 12.1. The van der Waals surface area contributed by atoms with Gasteiger partial charge in [0.05, 0.1) is 18.0 Å². The van der Waals surface area contributed by atoms with E-state index < -0.39 is 10.1 Å². The van der Waals surface area contributed by atoms with Gasteiger partial charge in [-0.2, -0.15) is 8.42 Å². The zero-order valence-electron chi connectivity index (χ0n) is 16.7. The molecule has 3 N–H and O–H groups in total. The van der Waals surface area contributed by atoms with Crippen LogP contribution in [0, 0.1) is 5.82 Å². The summed E-state index contributed by atoms with van der Waals surface area (Å²) in [6.07, 6.45) is 10.7. The zero-order valence-corrected chi connectivity index (χ0v) is 17.5. The average molecular weight is 406 g/mol. The quantitative estimate of drug-likeness (QED) is 0.312. The van der Waals surface area contributed by atoms with Crippen LogP contribution in [0.1, 0.15) is 77.2 Å². The number of aliphatic hydroxyl groups excluding tert-OH is 1. The second-order valence-electron chi connectivity index (χ2n) is 6.62. The average Bonchev–Trinajstić information content (AvgIpc) is 2.61. The van der Waals surface area contributed by atoms with Gasteiger partial charge in [0.2, 0.25) is 0 Å². The first kappa shape index (κ1) is 25.8. The number of unbranched alkanes of at least 4 members (excludes halogenated alkanes) is 7. The molecular weight excluding hydrogens is 369 g/mol. The minimum Gasteiger partial charge on any atom is -0.392 e. The van der Waals surface area contributed by atoms with Crippen LogP contribution in [-0.4, -0.2) is 30.4 Å². The summed E-state index contributed by atoms with van der Waals surface area (Å²) in [5.41, 5.74) is 0.852. The number of rotatable bonds is 13. The van der Waals surface area contributed by atoms with Gasteiger partial charge in [-0.3, -0.25) is 4.55 Å². The molecule has 0 saturated carbocycles. The summed E-state index contributed by atoms with van der Waals surface area (Å²) in [7, 11) is -3.67. The molecule has 0 aromatic heterocycles. The lowest BCUT2D eigenvalue weighted by molar-refractivity contribution is 0.276. The Morgan fingerprint density at radius 1 is 0.963 bits per heavy atom. The molecule has 0 aliphatic heterocycles. The van der Waals surface area contributed by atoms with E-state index in [0.717, 1.165) is 13.0 Å². The van der Waals surface area contributed by atoms with Crippen LogP contribution in [0.2, 0.25) is 0 Å². The van der Waals surface area contributed by atoms with Crippen molar-refractivity contribution >= 4 is 15.8 Å². The predicted molar refractivity (Wildman–Crippen MR) is 110 cm³/mol. The maximum absolute atomic E-state index is 13.8. The molecule has 0 spiro atoms. The topological polar surface area (TPSA) is 86.6 Å². The van der Waals surface area contributed by atoms with Gasteiger partial charge in [-0.05, 0) is 18.9 Å². The Labute approximate surface area is 164 Å². The molecule has 0 aliphatic rings. The second kappa shape index (κ2) is 15.8. The number of hydrogen-bond donors (Lipinski definition) is 3. The van der Waals surface area contributed by atoms with E-state index in [1.54, 1.807) is 25.1 Å². The van der Waals surface area contributed by atoms with Crippen LogP contribution in [0.15, 0.2) is 18.2 Å². The van der Waals surface area contributed by atoms with Crippen LogP contribution >= 0.6 is 0 Å².